The van der Waals surface area contributed by atoms with E-state index >= 15 is 0 Å². The normalized spacial score (nSPS) is 10.6. The molecular formula is C23H18N2. The Balaban J connectivity index is 1.88. The lowest BCUT2D eigenvalue weighted by molar-refractivity contribution is 1.12. The highest BCUT2D eigenvalue weighted by atomic mass is 14.9. The molecular weight excluding hydrogens is 304 g/mol. The van der Waals surface area contributed by atoms with E-state index in [1.165, 1.54) is 11.1 Å². The van der Waals surface area contributed by atoms with Gasteiger partial charge in [-0.3, -0.25) is 0 Å². The van der Waals surface area contributed by atoms with Crippen LogP contribution in [-0.2, 0) is 0 Å². The summed E-state index contributed by atoms with van der Waals surface area (Å²) in [6, 6.07) is 31.0. The van der Waals surface area contributed by atoms with Crippen LogP contribution in [0, 0.1) is 6.92 Å². The summed E-state index contributed by atoms with van der Waals surface area (Å²) in [5.41, 5.74) is 6.44. The van der Waals surface area contributed by atoms with Gasteiger partial charge in [0.2, 0.25) is 0 Å². The van der Waals surface area contributed by atoms with E-state index in [1.807, 2.05) is 49.4 Å². The molecule has 0 aliphatic rings. The van der Waals surface area contributed by atoms with Gasteiger partial charge in [-0.2, -0.15) is 0 Å². The number of rotatable bonds is 3. The summed E-state index contributed by atoms with van der Waals surface area (Å²) in [6.07, 6.45) is 0. The van der Waals surface area contributed by atoms with Crippen LogP contribution in [0.3, 0.4) is 0 Å². The summed E-state index contributed by atoms with van der Waals surface area (Å²) in [6.45, 7) is 2.02. The minimum atomic E-state index is 0.762. The molecule has 4 rings (SSSR count). The van der Waals surface area contributed by atoms with Crippen molar-refractivity contribution in [2.45, 2.75) is 6.92 Å². The first-order chi connectivity index (χ1) is 12.3. The summed E-state index contributed by atoms with van der Waals surface area (Å²) >= 11 is 0. The van der Waals surface area contributed by atoms with Crippen molar-refractivity contribution in [2.24, 2.45) is 0 Å². The molecule has 0 unspecified atom stereocenters. The number of benzene rings is 3. The quantitative estimate of drug-likeness (QED) is 0.477. The van der Waals surface area contributed by atoms with E-state index < -0.39 is 0 Å². The maximum Gasteiger partial charge on any atom is 0.160 e. The Morgan fingerprint density at radius 2 is 1.12 bits per heavy atom. The zero-order chi connectivity index (χ0) is 17.1. The highest BCUT2D eigenvalue weighted by Crippen LogP contribution is 2.32. The molecule has 1 aromatic heterocycles. The third-order valence-electron chi connectivity index (χ3n) is 4.17. The van der Waals surface area contributed by atoms with Gasteiger partial charge in [0, 0.05) is 16.8 Å². The largest absolute Gasteiger partial charge is 0.233 e. The average Bonchev–Trinajstić information content (AvgIpc) is 2.69. The first kappa shape index (κ1) is 15.3. The van der Waals surface area contributed by atoms with Crippen LogP contribution in [0.15, 0.2) is 91.0 Å². The van der Waals surface area contributed by atoms with Gasteiger partial charge >= 0.3 is 0 Å². The van der Waals surface area contributed by atoms with Crippen LogP contribution in [0.2, 0.25) is 0 Å². The van der Waals surface area contributed by atoms with Crippen molar-refractivity contribution in [1.29, 1.82) is 0 Å². The van der Waals surface area contributed by atoms with Crippen molar-refractivity contribution in [2.75, 3.05) is 0 Å². The Labute approximate surface area is 147 Å². The van der Waals surface area contributed by atoms with Crippen molar-refractivity contribution >= 4 is 0 Å². The Hall–Kier alpha value is -3.26. The van der Waals surface area contributed by atoms with Crippen LogP contribution in [0.4, 0.5) is 0 Å². The zero-order valence-corrected chi connectivity index (χ0v) is 14.1. The van der Waals surface area contributed by atoms with E-state index in [1.54, 1.807) is 0 Å². The summed E-state index contributed by atoms with van der Waals surface area (Å²) in [5.74, 6) is 0.762. The van der Waals surface area contributed by atoms with Gasteiger partial charge < -0.3 is 0 Å². The molecule has 25 heavy (non-hydrogen) atoms. The SMILES string of the molecule is Cc1cc(-c2ccccc2-c2ccccc2)nc(-c2ccccc2)n1. The molecule has 0 saturated carbocycles. The van der Waals surface area contributed by atoms with Crippen LogP contribution in [0.5, 0.6) is 0 Å². The molecule has 0 aliphatic heterocycles. The Bertz CT molecular complexity index is 993. The lowest BCUT2D eigenvalue weighted by Crippen LogP contribution is -1.96. The van der Waals surface area contributed by atoms with Crippen molar-refractivity contribution in [3.05, 3.63) is 96.7 Å². The molecule has 120 valence electrons. The minimum Gasteiger partial charge on any atom is -0.233 e. The van der Waals surface area contributed by atoms with Gasteiger partial charge in [-0.15, -0.1) is 0 Å². The molecule has 0 aliphatic carbocycles. The van der Waals surface area contributed by atoms with Gasteiger partial charge in [-0.25, -0.2) is 9.97 Å². The van der Waals surface area contributed by atoms with Crippen molar-refractivity contribution in [3.8, 4) is 33.8 Å². The topological polar surface area (TPSA) is 25.8 Å². The first-order valence-corrected chi connectivity index (χ1v) is 8.37. The second-order valence-electron chi connectivity index (χ2n) is 6.00. The van der Waals surface area contributed by atoms with Gasteiger partial charge in [-0.05, 0) is 24.1 Å². The second-order valence-corrected chi connectivity index (χ2v) is 6.00. The molecule has 0 saturated heterocycles. The third-order valence-corrected chi connectivity index (χ3v) is 4.17. The molecule has 1 heterocycles. The second kappa shape index (κ2) is 6.70. The highest BCUT2D eigenvalue weighted by molar-refractivity contribution is 5.82. The van der Waals surface area contributed by atoms with E-state index in [9.17, 15) is 0 Å². The van der Waals surface area contributed by atoms with Gasteiger partial charge in [-0.1, -0.05) is 84.9 Å². The number of nitrogens with zero attached hydrogens (tertiary/aromatic N) is 2. The predicted octanol–water partition coefficient (Wildman–Crippen LogP) is 5.79. The smallest absolute Gasteiger partial charge is 0.160 e. The van der Waals surface area contributed by atoms with Gasteiger partial charge in [0.15, 0.2) is 5.82 Å². The standard InChI is InChI=1S/C23H18N2/c1-17-16-22(25-23(24-17)19-12-6-3-7-13-19)21-15-9-8-14-20(21)18-10-4-2-5-11-18/h2-16H,1H3. The molecule has 0 radical (unpaired) electrons. The summed E-state index contributed by atoms with van der Waals surface area (Å²) in [5, 5.41) is 0. The molecule has 2 nitrogen and oxygen atoms in total. The van der Waals surface area contributed by atoms with Gasteiger partial charge in [0.1, 0.15) is 0 Å². The maximum atomic E-state index is 4.85. The Morgan fingerprint density at radius 1 is 0.560 bits per heavy atom. The number of aromatic nitrogens is 2. The van der Waals surface area contributed by atoms with E-state index in [0.29, 0.717) is 0 Å². The maximum absolute atomic E-state index is 4.85. The third kappa shape index (κ3) is 3.20. The van der Waals surface area contributed by atoms with Crippen molar-refractivity contribution < 1.29 is 0 Å². The average molecular weight is 322 g/mol. The van der Waals surface area contributed by atoms with E-state index in [0.717, 1.165) is 28.3 Å². The fraction of sp³-hybridized carbons (Fsp3) is 0.0435. The molecule has 2 heteroatoms. The minimum absolute atomic E-state index is 0.762. The van der Waals surface area contributed by atoms with Crippen LogP contribution >= 0.6 is 0 Å². The molecule has 4 aromatic rings. The molecule has 3 aromatic carbocycles. The number of hydrogen-bond acceptors (Lipinski definition) is 2. The van der Waals surface area contributed by atoms with Crippen LogP contribution in [0.25, 0.3) is 33.8 Å². The lowest BCUT2D eigenvalue weighted by atomic mass is 9.97. The summed E-state index contributed by atoms with van der Waals surface area (Å²) < 4.78 is 0. The highest BCUT2D eigenvalue weighted by Gasteiger charge is 2.11. The predicted molar refractivity (Wildman–Crippen MR) is 103 cm³/mol. The fourth-order valence-corrected chi connectivity index (χ4v) is 3.00. The Kier molecular flexibility index (Phi) is 4.09. The van der Waals surface area contributed by atoms with Crippen LogP contribution in [0.1, 0.15) is 5.69 Å². The fourth-order valence-electron chi connectivity index (χ4n) is 3.00. The van der Waals surface area contributed by atoms with Gasteiger partial charge in [0.25, 0.3) is 0 Å². The van der Waals surface area contributed by atoms with Crippen LogP contribution in [-0.4, -0.2) is 9.97 Å². The molecule has 0 spiro atoms. The Morgan fingerprint density at radius 3 is 1.80 bits per heavy atom. The van der Waals surface area contributed by atoms with Crippen molar-refractivity contribution in [1.82, 2.24) is 9.97 Å². The monoisotopic (exact) mass is 322 g/mol. The zero-order valence-electron chi connectivity index (χ0n) is 14.1. The molecule has 0 fully saturated rings. The van der Waals surface area contributed by atoms with Gasteiger partial charge in [0.05, 0.1) is 5.69 Å². The van der Waals surface area contributed by atoms with E-state index in [-0.39, 0.29) is 0 Å². The van der Waals surface area contributed by atoms with E-state index in [4.69, 9.17) is 4.98 Å². The first-order valence-electron chi connectivity index (χ1n) is 8.37. The molecule has 0 amide bonds. The van der Waals surface area contributed by atoms with Crippen LogP contribution < -0.4 is 0 Å². The molecule has 0 bridgehead atoms. The summed E-state index contributed by atoms with van der Waals surface area (Å²) in [4.78, 5) is 9.47. The number of hydrogen-bond donors (Lipinski definition) is 0. The number of aryl methyl sites for hydroxylation is 1. The van der Waals surface area contributed by atoms with E-state index in [2.05, 4.69) is 53.5 Å². The molecule has 0 atom stereocenters. The van der Waals surface area contributed by atoms with Crippen molar-refractivity contribution in [3.63, 3.8) is 0 Å². The summed E-state index contributed by atoms with van der Waals surface area (Å²) in [7, 11) is 0. The lowest BCUT2D eigenvalue weighted by Gasteiger charge is -2.11. The molecule has 0 N–H and O–H groups in total.